The SMILES string of the molecule is C=CCSc1nnc(NS(=O)(=O)c2c(C)cc(OC)cc2C)s1. The summed E-state index contributed by atoms with van der Waals surface area (Å²) in [6, 6.07) is 3.38. The molecule has 0 fully saturated rings. The van der Waals surface area contributed by atoms with Crippen LogP contribution in [0.1, 0.15) is 11.1 Å². The standard InChI is InChI=1S/C14H17N3O3S3/c1-5-6-21-14-16-15-13(22-14)17-23(18,19)12-9(2)7-11(20-4)8-10(12)3/h5,7-8H,1,6H2,2-4H3,(H,15,17). The average Bonchev–Trinajstić information content (AvgIpc) is 2.90. The molecule has 0 aliphatic carbocycles. The third-order valence-electron chi connectivity index (χ3n) is 2.89. The minimum Gasteiger partial charge on any atom is -0.497 e. The number of thioether (sulfide) groups is 1. The van der Waals surface area contributed by atoms with Crippen LogP contribution in [0, 0.1) is 13.8 Å². The van der Waals surface area contributed by atoms with E-state index in [9.17, 15) is 8.42 Å². The van der Waals surface area contributed by atoms with Gasteiger partial charge in [0.05, 0.1) is 12.0 Å². The summed E-state index contributed by atoms with van der Waals surface area (Å²) in [7, 11) is -2.19. The molecule has 0 radical (unpaired) electrons. The van der Waals surface area contributed by atoms with Gasteiger partial charge in [-0.25, -0.2) is 8.42 Å². The first-order valence-electron chi connectivity index (χ1n) is 6.62. The topological polar surface area (TPSA) is 81.2 Å². The normalized spacial score (nSPS) is 11.3. The van der Waals surface area contributed by atoms with Crippen molar-refractivity contribution in [3.05, 3.63) is 35.9 Å². The Morgan fingerprint density at radius 1 is 1.35 bits per heavy atom. The second-order valence-corrected chi connectivity index (χ2v) is 8.53. The van der Waals surface area contributed by atoms with Crippen LogP contribution in [0.2, 0.25) is 0 Å². The summed E-state index contributed by atoms with van der Waals surface area (Å²) >= 11 is 2.64. The number of nitrogens with zero attached hydrogens (tertiary/aromatic N) is 2. The smallest absolute Gasteiger partial charge is 0.264 e. The Kier molecular flexibility index (Phi) is 5.66. The molecule has 0 saturated carbocycles. The fourth-order valence-electron chi connectivity index (χ4n) is 2.06. The lowest BCUT2D eigenvalue weighted by Gasteiger charge is -2.12. The van der Waals surface area contributed by atoms with Crippen molar-refractivity contribution in [2.24, 2.45) is 0 Å². The van der Waals surface area contributed by atoms with Gasteiger partial charge in [-0.2, -0.15) is 0 Å². The van der Waals surface area contributed by atoms with Crippen LogP contribution < -0.4 is 9.46 Å². The number of hydrogen-bond acceptors (Lipinski definition) is 7. The van der Waals surface area contributed by atoms with Crippen LogP contribution in [0.5, 0.6) is 5.75 Å². The van der Waals surface area contributed by atoms with Gasteiger partial charge in [0, 0.05) is 5.75 Å². The van der Waals surface area contributed by atoms with E-state index in [2.05, 4.69) is 21.5 Å². The van der Waals surface area contributed by atoms with E-state index in [1.807, 2.05) is 0 Å². The molecule has 1 aromatic heterocycles. The first-order chi connectivity index (χ1) is 10.9. The molecule has 0 unspecified atom stereocenters. The van der Waals surface area contributed by atoms with E-state index in [0.29, 0.717) is 27.0 Å². The Labute approximate surface area is 144 Å². The number of rotatable bonds is 7. The summed E-state index contributed by atoms with van der Waals surface area (Å²) in [5.41, 5.74) is 1.22. The van der Waals surface area contributed by atoms with Gasteiger partial charge in [-0.15, -0.1) is 16.8 Å². The van der Waals surface area contributed by atoms with Crippen LogP contribution >= 0.6 is 23.1 Å². The summed E-state index contributed by atoms with van der Waals surface area (Å²) in [6.07, 6.45) is 1.75. The van der Waals surface area contributed by atoms with Crippen LogP contribution in [0.15, 0.2) is 34.0 Å². The Balaban J connectivity index is 2.29. The third-order valence-corrected chi connectivity index (χ3v) is 6.63. The number of hydrogen-bond donors (Lipinski definition) is 1. The van der Waals surface area contributed by atoms with Crippen LogP contribution in [0.3, 0.4) is 0 Å². The van der Waals surface area contributed by atoms with Crippen molar-refractivity contribution in [2.45, 2.75) is 23.1 Å². The zero-order valence-corrected chi connectivity index (χ0v) is 15.4. The second-order valence-electron chi connectivity index (χ2n) is 4.67. The maximum absolute atomic E-state index is 12.6. The predicted molar refractivity (Wildman–Crippen MR) is 94.1 cm³/mol. The quantitative estimate of drug-likeness (QED) is 0.594. The fourth-order valence-corrected chi connectivity index (χ4v) is 5.26. The van der Waals surface area contributed by atoms with Gasteiger partial charge in [0.15, 0.2) is 4.34 Å². The lowest BCUT2D eigenvalue weighted by molar-refractivity contribution is 0.413. The van der Waals surface area contributed by atoms with Crippen LogP contribution in [0.25, 0.3) is 0 Å². The Morgan fingerprint density at radius 3 is 2.57 bits per heavy atom. The van der Waals surface area contributed by atoms with E-state index in [1.54, 1.807) is 39.2 Å². The molecule has 9 heteroatoms. The largest absolute Gasteiger partial charge is 0.497 e. The highest BCUT2D eigenvalue weighted by molar-refractivity contribution is 8.01. The maximum Gasteiger partial charge on any atom is 0.264 e. The molecule has 2 rings (SSSR count). The first-order valence-corrected chi connectivity index (χ1v) is 9.91. The Hall–Kier alpha value is -1.58. The zero-order chi connectivity index (χ0) is 17.0. The summed E-state index contributed by atoms with van der Waals surface area (Å²) in [4.78, 5) is 0.230. The second kappa shape index (κ2) is 7.33. The highest BCUT2D eigenvalue weighted by Crippen LogP contribution is 2.30. The Bertz CT molecular complexity index is 793. The van der Waals surface area contributed by atoms with Gasteiger partial charge in [0.2, 0.25) is 5.13 Å². The molecule has 0 spiro atoms. The molecule has 0 saturated heterocycles. The third kappa shape index (κ3) is 4.24. The fraction of sp³-hybridized carbons (Fsp3) is 0.286. The van der Waals surface area contributed by atoms with Crippen molar-refractivity contribution in [3.63, 3.8) is 0 Å². The van der Waals surface area contributed by atoms with Crippen molar-refractivity contribution in [3.8, 4) is 5.75 Å². The van der Waals surface area contributed by atoms with Gasteiger partial charge in [-0.3, -0.25) is 4.72 Å². The number of benzene rings is 1. The van der Waals surface area contributed by atoms with Crippen molar-refractivity contribution >= 4 is 38.3 Å². The molecule has 0 bridgehead atoms. The molecule has 0 aliphatic heterocycles. The monoisotopic (exact) mass is 371 g/mol. The van der Waals surface area contributed by atoms with E-state index in [1.165, 1.54) is 23.1 Å². The first kappa shape index (κ1) is 17.8. The van der Waals surface area contributed by atoms with E-state index >= 15 is 0 Å². The van der Waals surface area contributed by atoms with Crippen molar-refractivity contribution in [1.82, 2.24) is 10.2 Å². The molecule has 0 amide bonds. The van der Waals surface area contributed by atoms with Crippen molar-refractivity contribution in [1.29, 1.82) is 0 Å². The number of ether oxygens (including phenoxy) is 1. The summed E-state index contributed by atoms with van der Waals surface area (Å²) < 4.78 is 33.6. The number of sulfonamides is 1. The van der Waals surface area contributed by atoms with Crippen molar-refractivity contribution < 1.29 is 13.2 Å². The van der Waals surface area contributed by atoms with Gasteiger partial charge in [-0.05, 0) is 37.1 Å². The highest BCUT2D eigenvalue weighted by atomic mass is 32.2. The molecule has 1 aromatic carbocycles. The molecule has 1 heterocycles. The van der Waals surface area contributed by atoms with Gasteiger partial charge in [-0.1, -0.05) is 29.2 Å². The molecular weight excluding hydrogens is 354 g/mol. The number of aromatic nitrogens is 2. The number of aryl methyl sites for hydroxylation is 2. The number of methoxy groups -OCH3 is 1. The van der Waals surface area contributed by atoms with E-state index in [0.717, 1.165) is 0 Å². The van der Waals surface area contributed by atoms with E-state index < -0.39 is 10.0 Å². The Morgan fingerprint density at radius 2 is 2.00 bits per heavy atom. The highest BCUT2D eigenvalue weighted by Gasteiger charge is 2.22. The van der Waals surface area contributed by atoms with Crippen molar-refractivity contribution in [2.75, 3.05) is 17.6 Å². The molecule has 23 heavy (non-hydrogen) atoms. The molecule has 124 valence electrons. The molecule has 0 atom stereocenters. The molecule has 1 N–H and O–H groups in total. The summed E-state index contributed by atoms with van der Waals surface area (Å²) in [6.45, 7) is 7.09. The average molecular weight is 372 g/mol. The minimum absolute atomic E-state index is 0.230. The van der Waals surface area contributed by atoms with Gasteiger partial charge >= 0.3 is 0 Å². The lowest BCUT2D eigenvalue weighted by atomic mass is 10.1. The maximum atomic E-state index is 12.6. The van der Waals surface area contributed by atoms with Crippen LogP contribution in [0.4, 0.5) is 5.13 Å². The van der Waals surface area contributed by atoms with Gasteiger partial charge < -0.3 is 4.74 Å². The molecule has 2 aromatic rings. The molecule has 0 aliphatic rings. The van der Waals surface area contributed by atoms with Gasteiger partial charge in [0.1, 0.15) is 5.75 Å². The van der Waals surface area contributed by atoms with E-state index in [4.69, 9.17) is 4.74 Å². The van der Waals surface area contributed by atoms with Crippen LogP contribution in [-0.4, -0.2) is 31.5 Å². The van der Waals surface area contributed by atoms with E-state index in [-0.39, 0.29) is 10.0 Å². The number of anilines is 1. The van der Waals surface area contributed by atoms with Gasteiger partial charge in [0.25, 0.3) is 10.0 Å². The summed E-state index contributed by atoms with van der Waals surface area (Å²) in [5.74, 6) is 1.32. The molecule has 6 nitrogen and oxygen atoms in total. The summed E-state index contributed by atoms with van der Waals surface area (Å²) in [5, 5.41) is 8.05. The number of nitrogens with one attached hydrogen (secondary N) is 1. The molecular formula is C14H17N3O3S3. The van der Waals surface area contributed by atoms with Crippen LogP contribution in [-0.2, 0) is 10.0 Å². The zero-order valence-electron chi connectivity index (χ0n) is 13.0. The predicted octanol–water partition coefficient (Wildman–Crippen LogP) is 3.24. The lowest BCUT2D eigenvalue weighted by Crippen LogP contribution is -2.15. The minimum atomic E-state index is -3.73.